The second-order valence-corrected chi connectivity index (χ2v) is 6.45. The van der Waals surface area contributed by atoms with Gasteiger partial charge in [0, 0.05) is 18.2 Å². The van der Waals surface area contributed by atoms with Crippen molar-refractivity contribution in [3.8, 4) is 16.9 Å². The van der Waals surface area contributed by atoms with E-state index in [1.807, 2.05) is 0 Å². The van der Waals surface area contributed by atoms with E-state index in [0.717, 1.165) is 16.7 Å². The molecule has 0 aliphatic heterocycles. The maximum absolute atomic E-state index is 14.3. The van der Waals surface area contributed by atoms with Gasteiger partial charge in [-0.25, -0.2) is 9.18 Å². The molecule has 0 unspecified atom stereocenters. The SMILES string of the molecule is Cn1c(Cl)c(-c2cc(OCC(=O)O)c(Cl)cc2F)c(Cl)c1C(F)(F)Cl. The van der Waals surface area contributed by atoms with Gasteiger partial charge in [-0.2, -0.15) is 8.78 Å². The smallest absolute Gasteiger partial charge is 0.364 e. The highest BCUT2D eigenvalue weighted by Crippen LogP contribution is 2.48. The topological polar surface area (TPSA) is 51.5 Å². The van der Waals surface area contributed by atoms with Gasteiger partial charge in [0.15, 0.2) is 6.61 Å². The summed E-state index contributed by atoms with van der Waals surface area (Å²) in [6, 6.07) is 1.84. The Balaban J connectivity index is 2.67. The number of carboxylic acids is 1. The number of aromatic nitrogens is 1. The summed E-state index contributed by atoms with van der Waals surface area (Å²) < 4.78 is 47.1. The predicted molar refractivity (Wildman–Crippen MR) is 88.7 cm³/mol. The van der Waals surface area contributed by atoms with E-state index in [2.05, 4.69) is 0 Å². The molecule has 2 rings (SSSR count). The minimum Gasteiger partial charge on any atom is -0.480 e. The van der Waals surface area contributed by atoms with Crippen LogP contribution in [0.5, 0.6) is 5.75 Å². The number of alkyl halides is 3. The number of halogens is 7. The standard InChI is InChI=1S/C14H8Cl4F3NO3/c1-22-12(14(18,20)21)11(16)10(13(22)17)5-2-8(25-4-9(23)24)6(15)3-7(5)19/h2-3H,4H2,1H3,(H,23,24). The van der Waals surface area contributed by atoms with E-state index in [1.165, 1.54) is 7.05 Å². The Morgan fingerprint density at radius 3 is 2.40 bits per heavy atom. The zero-order chi connectivity index (χ0) is 19.1. The molecule has 1 aromatic carbocycles. The molecule has 0 radical (unpaired) electrons. The number of hydrogen-bond acceptors (Lipinski definition) is 2. The van der Waals surface area contributed by atoms with Gasteiger partial charge in [0.2, 0.25) is 0 Å². The summed E-state index contributed by atoms with van der Waals surface area (Å²) in [4.78, 5) is 10.6. The molecule has 0 amide bonds. The molecule has 11 heteroatoms. The average Bonchev–Trinajstić information content (AvgIpc) is 2.68. The zero-order valence-electron chi connectivity index (χ0n) is 12.2. The van der Waals surface area contributed by atoms with Crippen LogP contribution in [-0.4, -0.2) is 22.2 Å². The first-order chi connectivity index (χ1) is 11.4. The lowest BCUT2D eigenvalue weighted by Gasteiger charge is -2.10. The largest absolute Gasteiger partial charge is 0.480 e. The second kappa shape index (κ2) is 7.15. The van der Waals surface area contributed by atoms with Crippen molar-refractivity contribution < 1.29 is 27.8 Å². The number of carbonyl (C=O) groups is 1. The Morgan fingerprint density at radius 2 is 1.92 bits per heavy atom. The molecule has 1 N–H and O–H groups in total. The molecule has 0 saturated carbocycles. The number of carboxylic acid groups (broad SMARTS) is 1. The maximum atomic E-state index is 14.3. The van der Waals surface area contributed by atoms with Gasteiger partial charge in [-0.3, -0.25) is 0 Å². The summed E-state index contributed by atoms with van der Waals surface area (Å²) in [6.45, 7) is -0.744. The Labute approximate surface area is 159 Å². The Morgan fingerprint density at radius 1 is 1.32 bits per heavy atom. The lowest BCUT2D eigenvalue weighted by Crippen LogP contribution is -2.10. The fourth-order valence-electron chi connectivity index (χ4n) is 2.14. The number of hydrogen-bond donors (Lipinski definition) is 1. The number of nitrogens with zero attached hydrogens (tertiary/aromatic N) is 1. The van der Waals surface area contributed by atoms with Crippen LogP contribution in [0.2, 0.25) is 15.2 Å². The molecule has 0 aliphatic rings. The van der Waals surface area contributed by atoms with Crippen molar-refractivity contribution >= 4 is 52.4 Å². The molecule has 4 nitrogen and oxygen atoms in total. The first-order valence-corrected chi connectivity index (χ1v) is 7.91. The summed E-state index contributed by atoms with van der Waals surface area (Å²) in [7, 11) is 1.18. The lowest BCUT2D eigenvalue weighted by atomic mass is 10.1. The summed E-state index contributed by atoms with van der Waals surface area (Å²) >= 11 is 22.8. The second-order valence-electron chi connectivity index (χ2n) is 4.83. The molecule has 136 valence electrons. The van der Waals surface area contributed by atoms with Crippen LogP contribution in [0.3, 0.4) is 0 Å². The van der Waals surface area contributed by atoms with Crippen LogP contribution in [0.15, 0.2) is 12.1 Å². The lowest BCUT2D eigenvalue weighted by molar-refractivity contribution is -0.139. The summed E-state index contributed by atoms with van der Waals surface area (Å²) in [5.74, 6) is -2.40. The maximum Gasteiger partial charge on any atom is 0.364 e. The third kappa shape index (κ3) is 3.95. The van der Waals surface area contributed by atoms with Gasteiger partial charge < -0.3 is 14.4 Å². The van der Waals surface area contributed by atoms with Crippen LogP contribution >= 0.6 is 46.4 Å². The van der Waals surface area contributed by atoms with Crippen LogP contribution in [0.4, 0.5) is 13.2 Å². The highest BCUT2D eigenvalue weighted by molar-refractivity contribution is 6.40. The van der Waals surface area contributed by atoms with Crippen LogP contribution in [0.25, 0.3) is 11.1 Å². The van der Waals surface area contributed by atoms with E-state index >= 15 is 0 Å². The molecule has 1 heterocycles. The van der Waals surface area contributed by atoms with Crippen LogP contribution in [-0.2, 0) is 17.2 Å². The Hall–Kier alpha value is -1.28. The molecule has 2 aromatic rings. The summed E-state index contributed by atoms with van der Waals surface area (Å²) in [6.07, 6.45) is 0. The quantitative estimate of drug-likeness (QED) is 0.625. The third-order valence-corrected chi connectivity index (χ3v) is 4.46. The van der Waals surface area contributed by atoms with E-state index in [4.69, 9.17) is 56.2 Å². The minimum absolute atomic E-state index is 0.185. The van der Waals surface area contributed by atoms with Gasteiger partial charge in [0.25, 0.3) is 0 Å². The molecular formula is C14H8Cl4F3NO3. The molecule has 0 bridgehead atoms. The summed E-state index contributed by atoms with van der Waals surface area (Å²) in [5.41, 5.74) is -1.38. The van der Waals surface area contributed by atoms with Crippen molar-refractivity contribution in [2.45, 2.75) is 5.38 Å². The molecule has 0 aliphatic carbocycles. The molecule has 0 spiro atoms. The Bertz CT molecular complexity index is 849. The first-order valence-electron chi connectivity index (χ1n) is 6.40. The summed E-state index contributed by atoms with van der Waals surface area (Å²) in [5, 5.41) is 3.72. The molecule has 0 fully saturated rings. The predicted octanol–water partition coefficient (Wildman–Crippen LogP) is 5.54. The number of rotatable bonds is 5. The van der Waals surface area contributed by atoms with Gasteiger partial charge in [0.05, 0.1) is 10.0 Å². The van der Waals surface area contributed by atoms with Gasteiger partial charge in [-0.1, -0.05) is 34.8 Å². The van der Waals surface area contributed by atoms with Crippen molar-refractivity contribution in [2.75, 3.05) is 6.61 Å². The monoisotopic (exact) mass is 435 g/mol. The molecular weight excluding hydrogens is 429 g/mol. The number of ether oxygens (including phenoxy) is 1. The van der Waals surface area contributed by atoms with Crippen molar-refractivity contribution in [3.63, 3.8) is 0 Å². The number of aliphatic carboxylic acids is 1. The highest BCUT2D eigenvalue weighted by Gasteiger charge is 2.38. The van der Waals surface area contributed by atoms with Gasteiger partial charge >= 0.3 is 11.4 Å². The van der Waals surface area contributed by atoms with E-state index in [9.17, 15) is 18.0 Å². The van der Waals surface area contributed by atoms with Gasteiger partial charge in [-0.05, 0) is 23.7 Å². The first kappa shape index (κ1) is 20.0. The van der Waals surface area contributed by atoms with Gasteiger partial charge in [0.1, 0.15) is 22.4 Å². The van der Waals surface area contributed by atoms with E-state index in [1.54, 1.807) is 0 Å². The van der Waals surface area contributed by atoms with Crippen molar-refractivity contribution in [1.82, 2.24) is 4.57 Å². The van der Waals surface area contributed by atoms with E-state index in [-0.39, 0.29) is 27.1 Å². The molecule has 25 heavy (non-hydrogen) atoms. The normalized spacial score (nSPS) is 11.7. The number of benzene rings is 1. The van der Waals surface area contributed by atoms with Crippen molar-refractivity contribution in [1.29, 1.82) is 0 Å². The molecule has 0 atom stereocenters. The van der Waals surface area contributed by atoms with Crippen LogP contribution in [0.1, 0.15) is 5.69 Å². The van der Waals surface area contributed by atoms with Gasteiger partial charge in [-0.15, -0.1) is 0 Å². The van der Waals surface area contributed by atoms with Crippen molar-refractivity contribution in [2.24, 2.45) is 7.05 Å². The Kier molecular flexibility index (Phi) is 5.73. The molecule has 1 aromatic heterocycles. The zero-order valence-corrected chi connectivity index (χ0v) is 15.2. The third-order valence-electron chi connectivity index (χ3n) is 3.17. The fraction of sp³-hybridized carbons (Fsp3) is 0.214. The highest BCUT2D eigenvalue weighted by atomic mass is 35.5. The van der Waals surface area contributed by atoms with Crippen molar-refractivity contribution in [3.05, 3.63) is 38.8 Å². The van der Waals surface area contributed by atoms with E-state index in [0.29, 0.717) is 0 Å². The van der Waals surface area contributed by atoms with E-state index < -0.39 is 34.5 Å². The fourth-order valence-corrected chi connectivity index (χ4v) is 3.38. The van der Waals surface area contributed by atoms with Crippen LogP contribution in [0, 0.1) is 5.82 Å². The molecule has 0 saturated heterocycles. The van der Waals surface area contributed by atoms with Crippen LogP contribution < -0.4 is 4.74 Å². The average molecular weight is 437 g/mol. The minimum atomic E-state index is -3.85.